The molecular formula is C25H28N2O4S. The molecule has 0 radical (unpaired) electrons. The second-order valence-electron chi connectivity index (χ2n) is 7.60. The number of nitrogens with one attached hydrogen (secondary N) is 1. The average molecular weight is 453 g/mol. The number of ether oxygens (including phenoxy) is 1. The zero-order valence-corrected chi connectivity index (χ0v) is 19.6. The lowest BCUT2D eigenvalue weighted by atomic mass is 10.1. The van der Waals surface area contributed by atoms with Gasteiger partial charge < -0.3 is 10.1 Å². The van der Waals surface area contributed by atoms with Gasteiger partial charge in [-0.3, -0.25) is 4.79 Å². The summed E-state index contributed by atoms with van der Waals surface area (Å²) >= 11 is 0. The minimum atomic E-state index is -3.70. The molecule has 0 spiro atoms. The van der Waals surface area contributed by atoms with Gasteiger partial charge in [0.05, 0.1) is 11.5 Å². The third-order valence-electron chi connectivity index (χ3n) is 5.14. The molecule has 6 nitrogen and oxygen atoms in total. The molecule has 3 aromatic rings. The summed E-state index contributed by atoms with van der Waals surface area (Å²) in [6, 6.07) is 19.3. The van der Waals surface area contributed by atoms with Gasteiger partial charge in [-0.1, -0.05) is 35.9 Å². The molecule has 0 aliphatic rings. The molecule has 3 rings (SSSR count). The minimum Gasteiger partial charge on any atom is -0.494 e. The summed E-state index contributed by atoms with van der Waals surface area (Å²) < 4.78 is 33.0. The van der Waals surface area contributed by atoms with Crippen molar-refractivity contribution in [1.82, 2.24) is 4.31 Å². The summed E-state index contributed by atoms with van der Waals surface area (Å²) in [5, 5.41) is 2.91. The molecule has 0 aromatic heterocycles. The van der Waals surface area contributed by atoms with Crippen LogP contribution in [0.15, 0.2) is 71.6 Å². The highest BCUT2D eigenvalue weighted by molar-refractivity contribution is 7.89. The van der Waals surface area contributed by atoms with Crippen molar-refractivity contribution in [2.45, 2.75) is 32.2 Å². The number of anilines is 1. The van der Waals surface area contributed by atoms with E-state index in [1.807, 2.05) is 45.0 Å². The van der Waals surface area contributed by atoms with Crippen molar-refractivity contribution in [2.75, 3.05) is 19.0 Å². The maximum Gasteiger partial charge on any atom is 0.255 e. The number of carbonyl (C=O) groups excluding carboxylic acids is 1. The van der Waals surface area contributed by atoms with Gasteiger partial charge in [0.1, 0.15) is 5.75 Å². The number of amides is 1. The Morgan fingerprint density at radius 3 is 2.34 bits per heavy atom. The van der Waals surface area contributed by atoms with Crippen molar-refractivity contribution in [2.24, 2.45) is 0 Å². The summed E-state index contributed by atoms with van der Waals surface area (Å²) in [7, 11) is -2.18. The normalized spacial score (nSPS) is 11.4. The topological polar surface area (TPSA) is 75.7 Å². The molecule has 0 heterocycles. The number of aryl methyl sites for hydroxylation is 2. The van der Waals surface area contributed by atoms with Gasteiger partial charge in [-0.2, -0.15) is 4.31 Å². The van der Waals surface area contributed by atoms with E-state index in [0.29, 0.717) is 23.5 Å². The first kappa shape index (κ1) is 23.5. The Morgan fingerprint density at radius 2 is 1.69 bits per heavy atom. The second-order valence-corrected chi connectivity index (χ2v) is 9.64. The van der Waals surface area contributed by atoms with Crippen molar-refractivity contribution in [1.29, 1.82) is 0 Å². The molecule has 0 atom stereocenters. The lowest BCUT2D eigenvalue weighted by molar-refractivity contribution is 0.102. The number of rotatable bonds is 8. The van der Waals surface area contributed by atoms with Crippen LogP contribution in [-0.4, -0.2) is 32.3 Å². The Morgan fingerprint density at radius 1 is 1.00 bits per heavy atom. The van der Waals surface area contributed by atoms with E-state index in [9.17, 15) is 13.2 Å². The SMILES string of the molecule is CCOc1ccc(C(=O)Nc2ccccc2C)cc1CN(C)S(=O)(=O)c1ccc(C)cc1. The Hall–Kier alpha value is -3.16. The molecule has 168 valence electrons. The maximum atomic E-state index is 13.0. The van der Waals surface area contributed by atoms with E-state index >= 15 is 0 Å². The molecule has 0 saturated heterocycles. The Labute approximate surface area is 189 Å². The third-order valence-corrected chi connectivity index (χ3v) is 6.96. The van der Waals surface area contributed by atoms with Gasteiger partial charge in [0, 0.05) is 30.4 Å². The fraction of sp³-hybridized carbons (Fsp3) is 0.240. The molecule has 0 unspecified atom stereocenters. The van der Waals surface area contributed by atoms with Crippen LogP contribution in [0.3, 0.4) is 0 Å². The largest absolute Gasteiger partial charge is 0.494 e. The van der Waals surface area contributed by atoms with Crippen molar-refractivity contribution in [3.8, 4) is 5.75 Å². The molecule has 32 heavy (non-hydrogen) atoms. The summed E-state index contributed by atoms with van der Waals surface area (Å²) in [5.41, 5.74) is 3.70. The average Bonchev–Trinajstić information content (AvgIpc) is 2.77. The van der Waals surface area contributed by atoms with E-state index < -0.39 is 10.0 Å². The number of carbonyl (C=O) groups is 1. The predicted molar refractivity (Wildman–Crippen MR) is 127 cm³/mol. The summed E-state index contributed by atoms with van der Waals surface area (Å²) in [6.45, 7) is 6.18. The van der Waals surface area contributed by atoms with E-state index in [4.69, 9.17) is 4.74 Å². The zero-order chi connectivity index (χ0) is 23.3. The number of hydrogen-bond donors (Lipinski definition) is 1. The van der Waals surface area contributed by atoms with Gasteiger partial charge in [-0.25, -0.2) is 8.42 Å². The predicted octanol–water partition coefficient (Wildman–Crippen LogP) is 4.78. The number of hydrogen-bond acceptors (Lipinski definition) is 4. The monoisotopic (exact) mass is 452 g/mol. The maximum absolute atomic E-state index is 13.0. The first-order valence-corrected chi connectivity index (χ1v) is 11.8. The molecule has 1 amide bonds. The van der Waals surface area contributed by atoms with E-state index in [1.54, 1.807) is 42.5 Å². The molecule has 0 aliphatic carbocycles. The highest BCUT2D eigenvalue weighted by atomic mass is 32.2. The minimum absolute atomic E-state index is 0.0665. The van der Waals surface area contributed by atoms with Gasteiger partial charge in [-0.05, 0) is 62.7 Å². The number of para-hydroxylation sites is 1. The van der Waals surface area contributed by atoms with Crippen LogP contribution in [0.4, 0.5) is 5.69 Å². The van der Waals surface area contributed by atoms with Gasteiger partial charge >= 0.3 is 0 Å². The molecule has 0 aliphatic heterocycles. The van der Waals surface area contributed by atoms with Crippen molar-refractivity contribution in [3.63, 3.8) is 0 Å². The molecule has 7 heteroatoms. The lowest BCUT2D eigenvalue weighted by Crippen LogP contribution is -2.27. The van der Waals surface area contributed by atoms with Crippen LogP contribution in [0.25, 0.3) is 0 Å². The standard InChI is InChI=1S/C25H28N2O4S/c1-5-31-24-15-12-20(25(28)26-23-9-7-6-8-19(23)3)16-21(24)17-27(4)32(29,30)22-13-10-18(2)11-14-22/h6-16H,5,17H2,1-4H3,(H,26,28). The number of benzene rings is 3. The molecule has 3 aromatic carbocycles. The highest BCUT2D eigenvalue weighted by Crippen LogP contribution is 2.25. The van der Waals surface area contributed by atoms with Crippen LogP contribution in [0.2, 0.25) is 0 Å². The van der Waals surface area contributed by atoms with Gasteiger partial charge in [-0.15, -0.1) is 0 Å². The first-order chi connectivity index (χ1) is 15.2. The molecule has 0 fully saturated rings. The van der Waals surface area contributed by atoms with Crippen LogP contribution in [0.5, 0.6) is 5.75 Å². The molecule has 1 N–H and O–H groups in total. The van der Waals surface area contributed by atoms with Crippen LogP contribution in [0, 0.1) is 13.8 Å². The van der Waals surface area contributed by atoms with Crippen LogP contribution in [-0.2, 0) is 16.6 Å². The van der Waals surface area contributed by atoms with Crippen LogP contribution >= 0.6 is 0 Å². The van der Waals surface area contributed by atoms with Crippen molar-refractivity contribution in [3.05, 3.63) is 89.0 Å². The highest BCUT2D eigenvalue weighted by Gasteiger charge is 2.23. The third kappa shape index (κ3) is 5.36. The van der Waals surface area contributed by atoms with Gasteiger partial charge in [0.15, 0.2) is 0 Å². The molecular weight excluding hydrogens is 424 g/mol. The van der Waals surface area contributed by atoms with E-state index in [2.05, 4.69) is 5.32 Å². The molecule has 0 bridgehead atoms. The molecule has 0 saturated carbocycles. The Bertz CT molecular complexity index is 1200. The van der Waals surface area contributed by atoms with E-state index in [-0.39, 0.29) is 17.3 Å². The van der Waals surface area contributed by atoms with Crippen molar-refractivity contribution >= 4 is 21.6 Å². The fourth-order valence-corrected chi connectivity index (χ4v) is 4.41. The van der Waals surface area contributed by atoms with Crippen LogP contribution in [0.1, 0.15) is 34.0 Å². The van der Waals surface area contributed by atoms with Crippen molar-refractivity contribution < 1.29 is 17.9 Å². The zero-order valence-electron chi connectivity index (χ0n) is 18.8. The summed E-state index contributed by atoms with van der Waals surface area (Å²) in [5.74, 6) is 0.276. The second kappa shape index (κ2) is 9.97. The Balaban J connectivity index is 1.88. The quantitative estimate of drug-likeness (QED) is 0.534. The van der Waals surface area contributed by atoms with Gasteiger partial charge in [0.25, 0.3) is 5.91 Å². The lowest BCUT2D eigenvalue weighted by Gasteiger charge is -2.20. The number of nitrogens with zero attached hydrogens (tertiary/aromatic N) is 1. The van der Waals surface area contributed by atoms with E-state index in [0.717, 1.165) is 16.8 Å². The van der Waals surface area contributed by atoms with E-state index in [1.165, 1.54) is 11.4 Å². The number of sulfonamides is 1. The summed E-state index contributed by atoms with van der Waals surface area (Å²) in [4.78, 5) is 13.1. The van der Waals surface area contributed by atoms with Crippen LogP contribution < -0.4 is 10.1 Å². The van der Waals surface area contributed by atoms with Gasteiger partial charge in [0.2, 0.25) is 10.0 Å². The smallest absolute Gasteiger partial charge is 0.255 e. The summed E-state index contributed by atoms with van der Waals surface area (Å²) in [6.07, 6.45) is 0. The Kier molecular flexibility index (Phi) is 7.33. The fourth-order valence-electron chi connectivity index (χ4n) is 3.26. The first-order valence-electron chi connectivity index (χ1n) is 10.4.